The van der Waals surface area contributed by atoms with Gasteiger partial charge < -0.3 is 10.6 Å². The molecule has 0 saturated heterocycles. The van der Waals surface area contributed by atoms with Gasteiger partial charge in [-0.05, 0) is 35.9 Å². The molecule has 10 heteroatoms. The van der Waals surface area contributed by atoms with Crippen LogP contribution < -0.4 is 10.6 Å². The number of carbonyl (C=O) groups is 1. The molecule has 0 radical (unpaired) electrons. The highest BCUT2D eigenvalue weighted by Crippen LogP contribution is 2.24. The van der Waals surface area contributed by atoms with Crippen molar-refractivity contribution in [3.8, 4) is 0 Å². The molecule has 0 bridgehead atoms. The Balaban J connectivity index is 1.60. The van der Waals surface area contributed by atoms with Crippen molar-refractivity contribution in [3.63, 3.8) is 0 Å². The normalized spacial score (nSPS) is 11.3. The van der Waals surface area contributed by atoms with E-state index in [1.54, 1.807) is 34.8 Å². The number of carbonyl (C=O) groups excluding carboxylic acids is 1. The Bertz CT molecular complexity index is 1010. The smallest absolute Gasteiger partial charge is 0.230 e. The van der Waals surface area contributed by atoms with Crippen molar-refractivity contribution in [3.05, 3.63) is 36.3 Å². The highest BCUT2D eigenvalue weighted by molar-refractivity contribution is 8.00. The highest BCUT2D eigenvalue weighted by atomic mass is 32.2. The molecule has 1 aromatic carbocycles. The van der Waals surface area contributed by atoms with Crippen molar-refractivity contribution in [1.29, 1.82) is 0 Å². The van der Waals surface area contributed by atoms with Crippen LogP contribution in [0.1, 0.15) is 20.8 Å². The molecule has 0 spiro atoms. The minimum atomic E-state index is -0.285. The Morgan fingerprint density at radius 1 is 1.19 bits per heavy atom. The van der Waals surface area contributed by atoms with E-state index in [0.717, 1.165) is 34.0 Å². The zero-order valence-electron chi connectivity index (χ0n) is 17.9. The molecule has 0 aliphatic carbocycles. The second kappa shape index (κ2) is 11.3. The molecule has 31 heavy (non-hydrogen) atoms. The summed E-state index contributed by atoms with van der Waals surface area (Å²) < 4.78 is 14.8. The second-order valence-corrected chi connectivity index (χ2v) is 9.54. The van der Waals surface area contributed by atoms with Gasteiger partial charge in [-0.25, -0.2) is 19.0 Å². The second-order valence-electron chi connectivity index (χ2n) is 7.26. The predicted molar refractivity (Wildman–Crippen MR) is 125 cm³/mol. The summed E-state index contributed by atoms with van der Waals surface area (Å²) in [6.45, 7) is 8.12. The summed E-state index contributed by atoms with van der Waals surface area (Å²) in [6, 6.07) is 6.11. The van der Waals surface area contributed by atoms with Gasteiger partial charge >= 0.3 is 0 Å². The van der Waals surface area contributed by atoms with Gasteiger partial charge in [0.05, 0.1) is 23.9 Å². The lowest BCUT2D eigenvalue weighted by Gasteiger charge is -2.11. The molecule has 0 aliphatic heterocycles. The molecular formula is C21H27FN6OS2. The first kappa shape index (κ1) is 23.3. The Labute approximate surface area is 190 Å². The fraction of sp³-hybridized carbons (Fsp3) is 0.429. The molecule has 1 amide bonds. The number of anilines is 1. The minimum Gasteiger partial charge on any atom is -0.369 e. The third-order valence-electron chi connectivity index (χ3n) is 4.26. The molecule has 2 heterocycles. The van der Waals surface area contributed by atoms with Crippen LogP contribution in [-0.4, -0.2) is 50.3 Å². The molecule has 7 nitrogen and oxygen atoms in total. The first-order valence-corrected chi connectivity index (χ1v) is 12.2. The Morgan fingerprint density at radius 2 is 1.97 bits per heavy atom. The van der Waals surface area contributed by atoms with Gasteiger partial charge in [0.1, 0.15) is 11.6 Å². The van der Waals surface area contributed by atoms with E-state index in [1.807, 2.05) is 0 Å². The standard InChI is InChI=1S/C21H27FN6OS2/c1-4-30-21-26-19(24-11-14(2)3)17-12-25-28(20(17)27-21)10-9-23-18(29)13-31-16-7-5-15(22)6-8-16/h5-8,12,14H,4,9-11,13H2,1-3H3,(H,23,29)(H,24,26,27). The van der Waals surface area contributed by atoms with Gasteiger partial charge in [-0.2, -0.15) is 5.10 Å². The number of rotatable bonds is 11. The average molecular weight is 463 g/mol. The number of halogens is 1. The van der Waals surface area contributed by atoms with Gasteiger partial charge in [0, 0.05) is 18.0 Å². The van der Waals surface area contributed by atoms with Gasteiger partial charge in [-0.1, -0.05) is 32.5 Å². The van der Waals surface area contributed by atoms with Gasteiger partial charge in [0.2, 0.25) is 5.91 Å². The molecule has 3 aromatic rings. The van der Waals surface area contributed by atoms with Crippen molar-refractivity contribution < 1.29 is 9.18 Å². The number of benzene rings is 1. The number of amides is 1. The monoisotopic (exact) mass is 462 g/mol. The molecule has 0 fully saturated rings. The first-order chi connectivity index (χ1) is 15.0. The number of nitrogens with one attached hydrogen (secondary N) is 2. The van der Waals surface area contributed by atoms with Crippen LogP contribution in [0.25, 0.3) is 11.0 Å². The third kappa shape index (κ3) is 6.83. The minimum absolute atomic E-state index is 0.0815. The number of aromatic nitrogens is 4. The largest absolute Gasteiger partial charge is 0.369 e. The van der Waals surface area contributed by atoms with Crippen molar-refractivity contribution in [2.45, 2.75) is 37.4 Å². The summed E-state index contributed by atoms with van der Waals surface area (Å²) in [7, 11) is 0. The van der Waals surface area contributed by atoms with Crippen LogP contribution in [0.4, 0.5) is 10.2 Å². The highest BCUT2D eigenvalue weighted by Gasteiger charge is 2.14. The summed E-state index contributed by atoms with van der Waals surface area (Å²) in [6.07, 6.45) is 1.77. The summed E-state index contributed by atoms with van der Waals surface area (Å²) in [5, 5.41) is 12.3. The Morgan fingerprint density at radius 3 is 2.68 bits per heavy atom. The lowest BCUT2D eigenvalue weighted by Crippen LogP contribution is -2.29. The zero-order valence-corrected chi connectivity index (χ0v) is 19.5. The molecular weight excluding hydrogens is 435 g/mol. The molecule has 166 valence electrons. The lowest BCUT2D eigenvalue weighted by atomic mass is 10.2. The molecule has 2 aromatic heterocycles. The quantitative estimate of drug-likeness (QED) is 0.328. The first-order valence-electron chi connectivity index (χ1n) is 10.2. The molecule has 3 rings (SSSR count). The predicted octanol–water partition coefficient (Wildman–Crippen LogP) is 4.05. The van der Waals surface area contributed by atoms with Crippen LogP contribution >= 0.6 is 23.5 Å². The van der Waals surface area contributed by atoms with E-state index in [4.69, 9.17) is 0 Å². The molecule has 2 N–H and O–H groups in total. The van der Waals surface area contributed by atoms with Crippen molar-refractivity contribution in [2.75, 3.05) is 29.9 Å². The van der Waals surface area contributed by atoms with Gasteiger partial charge in [-0.15, -0.1) is 11.8 Å². The van der Waals surface area contributed by atoms with E-state index >= 15 is 0 Å². The van der Waals surface area contributed by atoms with E-state index in [1.165, 1.54) is 23.9 Å². The SMILES string of the molecule is CCSc1nc(NCC(C)C)c2cnn(CCNC(=O)CSc3ccc(F)cc3)c2n1. The van der Waals surface area contributed by atoms with E-state index in [9.17, 15) is 9.18 Å². The maximum atomic E-state index is 13.0. The van der Waals surface area contributed by atoms with Gasteiger partial charge in [0.15, 0.2) is 10.8 Å². The molecule has 0 saturated carbocycles. The van der Waals surface area contributed by atoms with Crippen molar-refractivity contribution in [1.82, 2.24) is 25.1 Å². The fourth-order valence-electron chi connectivity index (χ4n) is 2.76. The van der Waals surface area contributed by atoms with Crippen LogP contribution in [0.5, 0.6) is 0 Å². The fourth-order valence-corrected chi connectivity index (χ4v) is 4.05. The topological polar surface area (TPSA) is 84.7 Å². The number of hydrogen-bond acceptors (Lipinski definition) is 7. The van der Waals surface area contributed by atoms with E-state index in [-0.39, 0.29) is 17.5 Å². The van der Waals surface area contributed by atoms with Gasteiger partial charge in [-0.3, -0.25) is 4.79 Å². The number of nitrogens with zero attached hydrogens (tertiary/aromatic N) is 4. The Kier molecular flexibility index (Phi) is 8.53. The van der Waals surface area contributed by atoms with E-state index in [2.05, 4.69) is 46.5 Å². The molecule has 0 aliphatic rings. The molecule has 0 atom stereocenters. The van der Waals surface area contributed by atoms with Crippen LogP contribution in [0.2, 0.25) is 0 Å². The van der Waals surface area contributed by atoms with E-state index < -0.39 is 0 Å². The average Bonchev–Trinajstić information content (AvgIpc) is 3.15. The summed E-state index contributed by atoms with van der Waals surface area (Å²) in [4.78, 5) is 22.3. The van der Waals surface area contributed by atoms with Gasteiger partial charge in [0.25, 0.3) is 0 Å². The number of hydrogen-bond donors (Lipinski definition) is 2. The summed E-state index contributed by atoms with van der Waals surface area (Å²) >= 11 is 2.96. The van der Waals surface area contributed by atoms with Crippen LogP contribution in [0.15, 0.2) is 40.5 Å². The van der Waals surface area contributed by atoms with Crippen LogP contribution in [-0.2, 0) is 11.3 Å². The third-order valence-corrected chi connectivity index (χ3v) is 6.00. The maximum absolute atomic E-state index is 13.0. The van der Waals surface area contributed by atoms with E-state index in [0.29, 0.717) is 24.2 Å². The Hall–Kier alpha value is -2.33. The summed E-state index contributed by atoms with van der Waals surface area (Å²) in [5.74, 6) is 2.07. The lowest BCUT2D eigenvalue weighted by molar-refractivity contribution is -0.118. The number of fused-ring (bicyclic) bond motifs is 1. The maximum Gasteiger partial charge on any atom is 0.230 e. The van der Waals surface area contributed by atoms with Crippen LogP contribution in [0.3, 0.4) is 0 Å². The molecule has 0 unspecified atom stereocenters. The van der Waals surface area contributed by atoms with Crippen molar-refractivity contribution in [2.24, 2.45) is 5.92 Å². The number of thioether (sulfide) groups is 2. The zero-order chi connectivity index (χ0) is 22.2. The van der Waals surface area contributed by atoms with Crippen molar-refractivity contribution >= 4 is 46.3 Å². The summed E-state index contributed by atoms with van der Waals surface area (Å²) in [5.41, 5.74) is 0.757. The van der Waals surface area contributed by atoms with Crippen LogP contribution in [0, 0.1) is 11.7 Å².